The number of aryl methyl sites for hydroxylation is 3. The molecule has 138 valence electrons. The van der Waals surface area contributed by atoms with Crippen LogP contribution in [-0.2, 0) is 10.0 Å². The van der Waals surface area contributed by atoms with Crippen molar-refractivity contribution >= 4 is 32.7 Å². The molecule has 0 fully saturated rings. The average molecular weight is 407 g/mol. The van der Waals surface area contributed by atoms with Crippen LogP contribution in [0.3, 0.4) is 0 Å². The van der Waals surface area contributed by atoms with Crippen LogP contribution in [0.1, 0.15) is 33.9 Å². The van der Waals surface area contributed by atoms with Gasteiger partial charge in [-0.1, -0.05) is 37.3 Å². The number of aromatic nitrogens is 1. The lowest BCUT2D eigenvalue weighted by atomic mass is 10.0. The lowest BCUT2D eigenvalue weighted by Crippen LogP contribution is -2.27. The number of nitrogens with zero attached hydrogens (tertiary/aromatic N) is 1. The molecule has 0 aliphatic carbocycles. The van der Waals surface area contributed by atoms with Crippen molar-refractivity contribution in [1.29, 1.82) is 0 Å². The fraction of sp³-hybridized carbons (Fsp3) is 0.316. The molecule has 7 heteroatoms. The predicted octanol–water partition coefficient (Wildman–Crippen LogP) is 4.88. The van der Waals surface area contributed by atoms with E-state index in [-0.39, 0.29) is 5.92 Å². The van der Waals surface area contributed by atoms with Crippen molar-refractivity contribution < 1.29 is 8.42 Å². The van der Waals surface area contributed by atoms with Gasteiger partial charge < -0.3 is 0 Å². The Labute approximate surface area is 163 Å². The van der Waals surface area contributed by atoms with Gasteiger partial charge in [-0.05, 0) is 38.3 Å². The van der Waals surface area contributed by atoms with Gasteiger partial charge in [0.15, 0.2) is 0 Å². The Morgan fingerprint density at radius 3 is 2.38 bits per heavy atom. The molecule has 3 aromatic rings. The van der Waals surface area contributed by atoms with Crippen molar-refractivity contribution in [3.8, 4) is 9.88 Å². The van der Waals surface area contributed by atoms with Crippen molar-refractivity contribution in [3.05, 3.63) is 57.4 Å². The van der Waals surface area contributed by atoms with Crippen LogP contribution < -0.4 is 4.72 Å². The molecule has 1 N–H and O–H groups in total. The smallest absolute Gasteiger partial charge is 0.240 e. The second-order valence-electron chi connectivity index (χ2n) is 6.36. The Hall–Kier alpha value is -1.54. The number of hydrogen-bond acceptors (Lipinski definition) is 5. The molecule has 0 bridgehead atoms. The topological polar surface area (TPSA) is 59.1 Å². The van der Waals surface area contributed by atoms with E-state index in [4.69, 9.17) is 0 Å². The standard InChI is InChI=1S/C19H22N2O2S3/c1-12(16-8-6-5-7-9-16)11-20-26(22,23)18-10-17(24-15(18)4)19-21-13(2)14(3)25-19/h5-10,12,20H,11H2,1-4H3. The van der Waals surface area contributed by atoms with Crippen LogP contribution in [-0.4, -0.2) is 19.9 Å². The predicted molar refractivity (Wildman–Crippen MR) is 110 cm³/mol. The molecule has 1 unspecified atom stereocenters. The Bertz CT molecular complexity index is 985. The zero-order chi connectivity index (χ0) is 18.9. The van der Waals surface area contributed by atoms with Crippen molar-refractivity contribution in [1.82, 2.24) is 9.71 Å². The number of benzene rings is 1. The van der Waals surface area contributed by atoms with Crippen molar-refractivity contribution in [2.45, 2.75) is 38.5 Å². The van der Waals surface area contributed by atoms with Crippen LogP contribution in [0.5, 0.6) is 0 Å². The fourth-order valence-electron chi connectivity index (χ4n) is 2.63. The van der Waals surface area contributed by atoms with Gasteiger partial charge in [-0.15, -0.1) is 22.7 Å². The van der Waals surface area contributed by atoms with Crippen LogP contribution in [0.2, 0.25) is 0 Å². The fourth-order valence-corrected chi connectivity index (χ4v) is 6.31. The van der Waals surface area contributed by atoms with Crippen LogP contribution in [0, 0.1) is 20.8 Å². The first-order valence-corrected chi connectivity index (χ1v) is 11.5. The molecule has 26 heavy (non-hydrogen) atoms. The molecule has 3 rings (SSSR count). The Morgan fingerprint density at radius 1 is 1.08 bits per heavy atom. The number of thiazole rings is 1. The van der Waals surface area contributed by atoms with E-state index in [0.717, 1.165) is 30.9 Å². The molecule has 0 saturated carbocycles. The molecule has 0 amide bonds. The van der Waals surface area contributed by atoms with Gasteiger partial charge in [0.25, 0.3) is 0 Å². The molecule has 0 aliphatic heterocycles. The maximum atomic E-state index is 12.8. The molecule has 0 spiro atoms. The molecule has 0 saturated heterocycles. The molecule has 2 heterocycles. The second-order valence-corrected chi connectivity index (χ2v) is 10.6. The van der Waals surface area contributed by atoms with Gasteiger partial charge in [0.05, 0.1) is 15.5 Å². The van der Waals surface area contributed by atoms with Gasteiger partial charge >= 0.3 is 0 Å². The summed E-state index contributed by atoms with van der Waals surface area (Å²) >= 11 is 3.08. The van der Waals surface area contributed by atoms with E-state index in [2.05, 4.69) is 9.71 Å². The molecular formula is C19H22N2O2S3. The lowest BCUT2D eigenvalue weighted by Gasteiger charge is -2.13. The van der Waals surface area contributed by atoms with Crippen molar-refractivity contribution in [3.63, 3.8) is 0 Å². The third-order valence-electron chi connectivity index (χ3n) is 4.35. The Balaban J connectivity index is 1.79. The number of thiophene rings is 1. The van der Waals surface area contributed by atoms with E-state index in [1.807, 2.05) is 58.0 Å². The Kier molecular flexibility index (Phi) is 5.62. The third-order valence-corrected chi connectivity index (χ3v) is 8.32. The summed E-state index contributed by atoms with van der Waals surface area (Å²) in [5.41, 5.74) is 2.11. The SMILES string of the molecule is Cc1nc(-c2cc(S(=O)(=O)NCC(C)c3ccccc3)c(C)s2)sc1C. The van der Waals surface area contributed by atoms with E-state index >= 15 is 0 Å². The van der Waals surface area contributed by atoms with Crippen molar-refractivity contribution in [2.24, 2.45) is 0 Å². The first-order chi connectivity index (χ1) is 12.3. The maximum Gasteiger partial charge on any atom is 0.241 e. The first kappa shape index (κ1) is 19.2. The highest BCUT2D eigenvalue weighted by atomic mass is 32.2. The number of rotatable bonds is 6. The van der Waals surface area contributed by atoms with E-state index in [0.29, 0.717) is 11.4 Å². The van der Waals surface area contributed by atoms with Crippen LogP contribution >= 0.6 is 22.7 Å². The highest BCUT2D eigenvalue weighted by Gasteiger charge is 2.22. The summed E-state index contributed by atoms with van der Waals surface area (Å²) in [6.07, 6.45) is 0. The summed E-state index contributed by atoms with van der Waals surface area (Å²) in [6.45, 7) is 8.23. The molecule has 1 aromatic carbocycles. The third kappa shape index (κ3) is 4.06. The van der Waals surface area contributed by atoms with Gasteiger partial charge in [-0.2, -0.15) is 0 Å². The summed E-state index contributed by atoms with van der Waals surface area (Å²) in [5.74, 6) is 0.105. The van der Waals surface area contributed by atoms with Gasteiger partial charge in [-0.3, -0.25) is 0 Å². The quantitative estimate of drug-likeness (QED) is 0.635. The number of sulfonamides is 1. The van der Waals surface area contributed by atoms with Crippen LogP contribution in [0.15, 0.2) is 41.3 Å². The highest BCUT2D eigenvalue weighted by molar-refractivity contribution is 7.89. The monoisotopic (exact) mass is 406 g/mol. The minimum absolute atomic E-state index is 0.105. The summed E-state index contributed by atoms with van der Waals surface area (Å²) in [4.78, 5) is 7.74. The number of nitrogens with one attached hydrogen (secondary N) is 1. The molecule has 2 aromatic heterocycles. The summed E-state index contributed by atoms with van der Waals surface area (Å²) in [7, 11) is -3.55. The van der Waals surface area contributed by atoms with Gasteiger partial charge in [0, 0.05) is 16.3 Å². The minimum atomic E-state index is -3.55. The van der Waals surface area contributed by atoms with Crippen LogP contribution in [0.25, 0.3) is 9.88 Å². The molecule has 0 aliphatic rings. The van der Waals surface area contributed by atoms with Crippen molar-refractivity contribution in [2.75, 3.05) is 6.54 Å². The lowest BCUT2D eigenvalue weighted by molar-refractivity contribution is 0.575. The van der Waals surface area contributed by atoms with Crippen LogP contribution in [0.4, 0.5) is 0 Å². The average Bonchev–Trinajstić information content (AvgIpc) is 3.17. The number of hydrogen-bond donors (Lipinski definition) is 1. The van der Waals surface area contributed by atoms with Gasteiger partial charge in [0.1, 0.15) is 5.01 Å². The van der Waals surface area contributed by atoms with Gasteiger partial charge in [-0.25, -0.2) is 18.1 Å². The maximum absolute atomic E-state index is 12.8. The minimum Gasteiger partial charge on any atom is -0.240 e. The van der Waals surface area contributed by atoms with Gasteiger partial charge in [0.2, 0.25) is 10.0 Å². The molecular weight excluding hydrogens is 384 g/mol. The molecule has 1 atom stereocenters. The summed E-state index contributed by atoms with van der Waals surface area (Å²) in [5, 5.41) is 0.882. The molecule has 4 nitrogen and oxygen atoms in total. The van der Waals surface area contributed by atoms with E-state index in [1.54, 1.807) is 17.4 Å². The molecule has 0 radical (unpaired) electrons. The zero-order valence-corrected chi connectivity index (χ0v) is 17.7. The Morgan fingerprint density at radius 2 is 1.77 bits per heavy atom. The van der Waals surface area contributed by atoms with E-state index in [1.165, 1.54) is 11.3 Å². The first-order valence-electron chi connectivity index (χ1n) is 8.37. The summed E-state index contributed by atoms with van der Waals surface area (Å²) < 4.78 is 28.3. The van der Waals surface area contributed by atoms with E-state index in [9.17, 15) is 8.42 Å². The highest BCUT2D eigenvalue weighted by Crippen LogP contribution is 2.36. The largest absolute Gasteiger partial charge is 0.241 e. The zero-order valence-electron chi connectivity index (χ0n) is 15.2. The van der Waals surface area contributed by atoms with E-state index < -0.39 is 10.0 Å². The second kappa shape index (κ2) is 7.60. The normalized spacial score (nSPS) is 13.1. The summed E-state index contributed by atoms with van der Waals surface area (Å²) in [6, 6.07) is 11.7.